The van der Waals surface area contributed by atoms with E-state index in [0.717, 1.165) is 17.8 Å². The summed E-state index contributed by atoms with van der Waals surface area (Å²) in [6.45, 7) is -2.02. The van der Waals surface area contributed by atoms with Gasteiger partial charge in [-0.2, -0.15) is 0 Å². The number of unbranched alkanes of at least 4 members (excludes halogenated alkanes) is 1. The first-order chi connectivity index (χ1) is 22.4. The molecule has 4 aliphatic rings. The van der Waals surface area contributed by atoms with Crippen LogP contribution in [0, 0.1) is 23.2 Å². The summed E-state index contributed by atoms with van der Waals surface area (Å²) in [6.07, 6.45) is 9.54. The van der Waals surface area contributed by atoms with Gasteiger partial charge >= 0.3 is 0 Å². The monoisotopic (exact) mass is 663 g/mol. The molecule has 17 heteroatoms. The molecule has 8 amide bonds. The summed E-state index contributed by atoms with van der Waals surface area (Å²) in [5.74, 6) is -2.15. The maximum absolute atomic E-state index is 12.7. The van der Waals surface area contributed by atoms with E-state index in [4.69, 9.17) is 11.5 Å². The Morgan fingerprint density at radius 1 is 0.574 bits per heavy atom. The maximum atomic E-state index is 12.7. The number of carbonyl (C=O) groups is 8. The average Bonchev–Trinajstić information content (AvgIpc) is 3.01. The standard InChI is InChI=1S/C30H49N9O8/c31-12-23(41)34-13-24(42)35-14-25(43)36-15-26(44)37-16-27(45)38-17-28(46)39-21(29(32)47)3-1-2-4-33-22(40)11-30-8-18-5-19(9-30)7-20(6-18)10-30/h18-21H,1-17,31H2,(H2,32,47)(H,33,40)(H,34,41)(H,35,42)(H,36,43)(H,37,44)(H,38,45)(H,39,46)/t18?,19?,20?,21-,30?/m0/s1. The quantitative estimate of drug-likeness (QED) is 0.0581. The molecular formula is C30H49N9O8. The van der Waals surface area contributed by atoms with Gasteiger partial charge in [-0.1, -0.05) is 0 Å². The molecule has 47 heavy (non-hydrogen) atoms. The van der Waals surface area contributed by atoms with Gasteiger partial charge in [0.1, 0.15) is 6.04 Å². The highest BCUT2D eigenvalue weighted by Gasteiger charge is 2.51. The molecule has 0 aromatic heterocycles. The number of primary amides is 1. The van der Waals surface area contributed by atoms with Crippen LogP contribution in [0.3, 0.4) is 0 Å². The minimum atomic E-state index is -0.945. The zero-order chi connectivity index (χ0) is 34.4. The van der Waals surface area contributed by atoms with E-state index in [1.165, 1.54) is 38.5 Å². The highest BCUT2D eigenvalue weighted by atomic mass is 16.2. The third kappa shape index (κ3) is 13.2. The molecule has 0 aromatic carbocycles. The number of hydrogen-bond donors (Lipinski definition) is 9. The second kappa shape index (κ2) is 18.2. The SMILES string of the molecule is NCC(=O)NCC(=O)NCC(=O)NCC(=O)NCC(=O)NCC(=O)N[C@@H](CCCCNC(=O)CC12CC3CC(CC(C3)C1)C2)C(N)=O. The lowest BCUT2D eigenvalue weighted by atomic mass is 9.49. The summed E-state index contributed by atoms with van der Waals surface area (Å²) in [5, 5.41) is 16.8. The summed E-state index contributed by atoms with van der Waals surface area (Å²) in [5.41, 5.74) is 10.7. The van der Waals surface area contributed by atoms with Gasteiger partial charge in [0.05, 0.1) is 39.3 Å². The topological polar surface area (TPSA) is 273 Å². The first-order valence-corrected chi connectivity index (χ1v) is 16.3. The zero-order valence-corrected chi connectivity index (χ0v) is 26.8. The Bertz CT molecular complexity index is 1160. The summed E-state index contributed by atoms with van der Waals surface area (Å²) in [6, 6.07) is -0.945. The van der Waals surface area contributed by atoms with Crippen molar-refractivity contribution in [2.45, 2.75) is 70.3 Å². The summed E-state index contributed by atoms with van der Waals surface area (Å²) < 4.78 is 0. The Kier molecular flexibility index (Phi) is 14.4. The van der Waals surface area contributed by atoms with E-state index >= 15 is 0 Å². The van der Waals surface area contributed by atoms with Crippen LogP contribution in [0.25, 0.3) is 0 Å². The molecule has 17 nitrogen and oxygen atoms in total. The largest absolute Gasteiger partial charge is 0.368 e. The molecule has 1 atom stereocenters. The van der Waals surface area contributed by atoms with Crippen molar-refractivity contribution >= 4 is 47.3 Å². The second-order valence-electron chi connectivity index (χ2n) is 13.1. The van der Waals surface area contributed by atoms with Crippen molar-refractivity contribution in [1.29, 1.82) is 0 Å². The molecule has 0 aromatic rings. The van der Waals surface area contributed by atoms with Crippen molar-refractivity contribution in [2.24, 2.45) is 34.6 Å². The number of amides is 8. The minimum Gasteiger partial charge on any atom is -0.368 e. The Morgan fingerprint density at radius 2 is 1.00 bits per heavy atom. The molecule has 4 saturated carbocycles. The van der Waals surface area contributed by atoms with Crippen LogP contribution in [0.1, 0.15) is 64.2 Å². The Morgan fingerprint density at radius 3 is 1.43 bits per heavy atom. The van der Waals surface area contributed by atoms with Gasteiger partial charge in [0.2, 0.25) is 47.3 Å². The third-order valence-electron chi connectivity index (χ3n) is 9.04. The van der Waals surface area contributed by atoms with E-state index in [2.05, 4.69) is 37.2 Å². The normalized spacial score (nSPS) is 22.7. The number of nitrogens with one attached hydrogen (secondary N) is 7. The minimum absolute atomic E-state index is 0.0807. The van der Waals surface area contributed by atoms with Gasteiger partial charge in [-0.15, -0.1) is 0 Å². The zero-order valence-electron chi connectivity index (χ0n) is 26.8. The molecule has 4 bridgehead atoms. The van der Waals surface area contributed by atoms with Gasteiger partial charge in [-0.25, -0.2) is 0 Å². The summed E-state index contributed by atoms with van der Waals surface area (Å²) >= 11 is 0. The van der Waals surface area contributed by atoms with Gasteiger partial charge in [0.15, 0.2) is 0 Å². The van der Waals surface area contributed by atoms with Crippen LogP contribution < -0.4 is 48.7 Å². The van der Waals surface area contributed by atoms with Crippen molar-refractivity contribution in [3.8, 4) is 0 Å². The van der Waals surface area contributed by atoms with Crippen molar-refractivity contribution in [2.75, 3.05) is 45.8 Å². The molecule has 0 saturated heterocycles. The first kappa shape index (κ1) is 37.2. The van der Waals surface area contributed by atoms with Crippen LogP contribution in [0.2, 0.25) is 0 Å². The third-order valence-corrected chi connectivity index (χ3v) is 9.04. The Labute approximate surface area is 273 Å². The molecule has 4 aliphatic carbocycles. The van der Waals surface area contributed by atoms with E-state index in [9.17, 15) is 38.4 Å². The smallest absolute Gasteiger partial charge is 0.240 e. The predicted molar refractivity (Wildman–Crippen MR) is 167 cm³/mol. The van der Waals surface area contributed by atoms with E-state index in [1.807, 2.05) is 0 Å². The van der Waals surface area contributed by atoms with Crippen LogP contribution in [0.5, 0.6) is 0 Å². The average molecular weight is 664 g/mol. The highest BCUT2D eigenvalue weighted by Crippen LogP contribution is 2.61. The van der Waals surface area contributed by atoms with Gasteiger partial charge in [0.25, 0.3) is 0 Å². The summed E-state index contributed by atoms with van der Waals surface area (Å²) in [4.78, 5) is 95.0. The van der Waals surface area contributed by atoms with E-state index in [0.29, 0.717) is 25.8 Å². The first-order valence-electron chi connectivity index (χ1n) is 16.3. The molecule has 4 rings (SSSR count). The molecule has 0 radical (unpaired) electrons. The summed E-state index contributed by atoms with van der Waals surface area (Å²) in [7, 11) is 0. The lowest BCUT2D eigenvalue weighted by molar-refractivity contribution is -0.130. The van der Waals surface area contributed by atoms with Crippen LogP contribution in [-0.2, 0) is 38.4 Å². The number of rotatable bonds is 20. The molecule has 0 spiro atoms. The van der Waals surface area contributed by atoms with Crippen LogP contribution in [0.4, 0.5) is 0 Å². The van der Waals surface area contributed by atoms with E-state index in [-0.39, 0.29) is 30.8 Å². The van der Waals surface area contributed by atoms with Crippen LogP contribution >= 0.6 is 0 Å². The maximum Gasteiger partial charge on any atom is 0.240 e. The fraction of sp³-hybridized carbons (Fsp3) is 0.733. The molecule has 11 N–H and O–H groups in total. The molecular weight excluding hydrogens is 614 g/mol. The molecule has 0 aliphatic heterocycles. The second-order valence-corrected chi connectivity index (χ2v) is 13.1. The van der Waals surface area contributed by atoms with Gasteiger partial charge < -0.3 is 48.7 Å². The van der Waals surface area contributed by atoms with Gasteiger partial charge in [0, 0.05) is 13.0 Å². The Hall–Kier alpha value is -4.28. The molecule has 0 unspecified atom stereocenters. The van der Waals surface area contributed by atoms with E-state index in [1.54, 1.807) is 0 Å². The van der Waals surface area contributed by atoms with Crippen LogP contribution in [-0.4, -0.2) is 99.1 Å². The van der Waals surface area contributed by atoms with Gasteiger partial charge in [-0.3, -0.25) is 38.4 Å². The van der Waals surface area contributed by atoms with Gasteiger partial charge in [-0.05, 0) is 81.0 Å². The van der Waals surface area contributed by atoms with Crippen molar-refractivity contribution in [3.05, 3.63) is 0 Å². The van der Waals surface area contributed by atoms with Crippen molar-refractivity contribution in [3.63, 3.8) is 0 Å². The molecule has 0 heterocycles. The van der Waals surface area contributed by atoms with Crippen molar-refractivity contribution < 1.29 is 38.4 Å². The van der Waals surface area contributed by atoms with Crippen molar-refractivity contribution in [1.82, 2.24) is 37.2 Å². The van der Waals surface area contributed by atoms with Crippen LogP contribution in [0.15, 0.2) is 0 Å². The fourth-order valence-electron chi connectivity index (χ4n) is 7.36. The lowest BCUT2D eigenvalue weighted by Crippen LogP contribution is -2.49. The Balaban J connectivity index is 1.21. The number of carbonyl (C=O) groups excluding carboxylic acids is 8. The lowest BCUT2D eigenvalue weighted by Gasteiger charge is -2.56. The number of hydrogen-bond acceptors (Lipinski definition) is 9. The van der Waals surface area contributed by atoms with E-state index < -0.39 is 73.6 Å². The molecule has 262 valence electrons. The highest BCUT2D eigenvalue weighted by molar-refractivity contribution is 5.92. The molecule has 4 fully saturated rings. The fourth-order valence-corrected chi connectivity index (χ4v) is 7.36. The predicted octanol–water partition coefficient (Wildman–Crippen LogP) is -3.61. The number of nitrogens with two attached hydrogens (primary N) is 2.